The molecule has 0 bridgehead atoms. The lowest BCUT2D eigenvalue weighted by Gasteiger charge is -2.20. The Morgan fingerprint density at radius 1 is 1.25 bits per heavy atom. The van der Waals surface area contributed by atoms with E-state index in [1.165, 1.54) is 6.33 Å². The Kier molecular flexibility index (Phi) is 4.49. The van der Waals surface area contributed by atoms with E-state index in [1.54, 1.807) is 0 Å². The number of aryl methyl sites for hydroxylation is 2. The lowest BCUT2D eigenvalue weighted by Crippen LogP contribution is -2.26. The third-order valence-corrected chi connectivity index (χ3v) is 3.25. The van der Waals surface area contributed by atoms with Crippen molar-refractivity contribution >= 4 is 16.9 Å². The fraction of sp³-hybridized carbons (Fsp3) is 0.533. The first kappa shape index (κ1) is 14.7. The van der Waals surface area contributed by atoms with Crippen molar-refractivity contribution < 1.29 is 5.11 Å². The quantitative estimate of drug-likeness (QED) is 0.876. The van der Waals surface area contributed by atoms with Gasteiger partial charge >= 0.3 is 0 Å². The Bertz CT molecular complexity index is 598. The van der Waals surface area contributed by atoms with E-state index in [0.717, 1.165) is 28.9 Å². The van der Waals surface area contributed by atoms with Crippen LogP contribution < -0.4 is 5.32 Å². The predicted molar refractivity (Wildman–Crippen MR) is 80.8 cm³/mol. The van der Waals surface area contributed by atoms with Gasteiger partial charge in [-0.25, -0.2) is 15.0 Å². The molecule has 0 aliphatic rings. The summed E-state index contributed by atoms with van der Waals surface area (Å²) in [5.74, 6) is 1.26. The summed E-state index contributed by atoms with van der Waals surface area (Å²) < 4.78 is 0. The van der Waals surface area contributed by atoms with Crippen molar-refractivity contribution in [1.82, 2.24) is 15.0 Å². The van der Waals surface area contributed by atoms with E-state index in [-0.39, 0.29) is 12.6 Å². The highest BCUT2D eigenvalue weighted by molar-refractivity contribution is 5.89. The minimum absolute atomic E-state index is 0.00574. The molecule has 0 aromatic carbocycles. The normalized spacial score (nSPS) is 12.9. The molecule has 5 nitrogen and oxygen atoms in total. The molecule has 0 unspecified atom stereocenters. The molecule has 0 fully saturated rings. The van der Waals surface area contributed by atoms with Crippen LogP contribution in [0, 0.1) is 19.8 Å². The zero-order valence-electron chi connectivity index (χ0n) is 12.5. The molecule has 0 spiro atoms. The molecule has 2 aromatic rings. The molecule has 2 N–H and O–H groups in total. The number of anilines is 1. The van der Waals surface area contributed by atoms with Gasteiger partial charge < -0.3 is 10.4 Å². The van der Waals surface area contributed by atoms with Crippen LogP contribution >= 0.6 is 0 Å². The maximum Gasteiger partial charge on any atom is 0.165 e. The van der Waals surface area contributed by atoms with Gasteiger partial charge in [-0.3, -0.25) is 0 Å². The van der Waals surface area contributed by atoms with Crippen molar-refractivity contribution in [1.29, 1.82) is 0 Å². The molecule has 0 aliphatic carbocycles. The highest BCUT2D eigenvalue weighted by Gasteiger charge is 2.14. The molecular weight excluding hydrogens is 252 g/mol. The van der Waals surface area contributed by atoms with Gasteiger partial charge in [0.05, 0.1) is 18.0 Å². The Morgan fingerprint density at radius 3 is 2.65 bits per heavy atom. The SMILES string of the molecule is Cc1cc(C)c2c(N[C@H](CO)CC(C)C)ncnc2n1. The second kappa shape index (κ2) is 6.13. The second-order valence-corrected chi connectivity index (χ2v) is 5.65. The van der Waals surface area contributed by atoms with Crippen molar-refractivity contribution in [2.45, 2.75) is 40.2 Å². The fourth-order valence-electron chi connectivity index (χ4n) is 2.46. The molecule has 0 amide bonds. The van der Waals surface area contributed by atoms with Gasteiger partial charge in [0.2, 0.25) is 0 Å². The number of nitrogens with one attached hydrogen (secondary N) is 1. The molecular formula is C15H22N4O. The highest BCUT2D eigenvalue weighted by atomic mass is 16.3. The first-order chi connectivity index (χ1) is 9.51. The van der Waals surface area contributed by atoms with E-state index in [9.17, 15) is 5.11 Å². The van der Waals surface area contributed by atoms with E-state index >= 15 is 0 Å². The number of fused-ring (bicyclic) bond motifs is 1. The molecule has 1 atom stereocenters. The van der Waals surface area contributed by atoms with E-state index in [0.29, 0.717) is 11.6 Å². The van der Waals surface area contributed by atoms with Crippen molar-refractivity contribution in [3.8, 4) is 0 Å². The molecule has 108 valence electrons. The van der Waals surface area contributed by atoms with Crippen LogP contribution in [0.3, 0.4) is 0 Å². The number of aromatic nitrogens is 3. The lowest BCUT2D eigenvalue weighted by atomic mass is 10.0. The van der Waals surface area contributed by atoms with Crippen LogP contribution in [0.25, 0.3) is 11.0 Å². The third-order valence-electron chi connectivity index (χ3n) is 3.25. The molecule has 0 radical (unpaired) electrons. The van der Waals surface area contributed by atoms with Gasteiger partial charge in [-0.05, 0) is 37.8 Å². The monoisotopic (exact) mass is 274 g/mol. The Balaban J connectivity index is 2.39. The summed E-state index contributed by atoms with van der Waals surface area (Å²) in [6.45, 7) is 8.35. The third kappa shape index (κ3) is 3.22. The van der Waals surface area contributed by atoms with Gasteiger partial charge in [0, 0.05) is 5.69 Å². The zero-order chi connectivity index (χ0) is 14.7. The van der Waals surface area contributed by atoms with E-state index in [2.05, 4.69) is 34.1 Å². The van der Waals surface area contributed by atoms with Crippen molar-refractivity contribution in [2.24, 2.45) is 5.92 Å². The molecule has 5 heteroatoms. The summed E-state index contributed by atoms with van der Waals surface area (Å²) in [6.07, 6.45) is 2.40. The predicted octanol–water partition coefficient (Wildman–Crippen LogP) is 2.46. The van der Waals surface area contributed by atoms with Crippen LogP contribution in [0.2, 0.25) is 0 Å². The van der Waals surface area contributed by atoms with E-state index < -0.39 is 0 Å². The number of aliphatic hydroxyl groups excluding tert-OH is 1. The summed E-state index contributed by atoms with van der Waals surface area (Å²) in [5.41, 5.74) is 2.73. The summed E-state index contributed by atoms with van der Waals surface area (Å²) >= 11 is 0. The van der Waals surface area contributed by atoms with Gasteiger partial charge in [-0.15, -0.1) is 0 Å². The van der Waals surface area contributed by atoms with Crippen molar-refractivity contribution in [3.05, 3.63) is 23.7 Å². The standard InChI is InChI=1S/C15H22N4O/c1-9(2)5-12(7-20)19-15-13-10(3)6-11(4)18-14(13)16-8-17-15/h6,8-9,12,20H,5,7H2,1-4H3,(H,16,17,18,19)/t12-/m0/s1. The number of aliphatic hydroxyl groups is 1. The number of hydrogen-bond acceptors (Lipinski definition) is 5. The molecule has 2 rings (SSSR count). The lowest BCUT2D eigenvalue weighted by molar-refractivity contribution is 0.259. The summed E-state index contributed by atoms with van der Waals surface area (Å²) in [6, 6.07) is 2.02. The van der Waals surface area contributed by atoms with Gasteiger partial charge in [-0.1, -0.05) is 13.8 Å². The largest absolute Gasteiger partial charge is 0.394 e. The average molecular weight is 274 g/mol. The van der Waals surface area contributed by atoms with E-state index in [1.807, 2.05) is 19.9 Å². The number of rotatable bonds is 5. The first-order valence-electron chi connectivity index (χ1n) is 6.97. The Labute approximate surface area is 119 Å². The van der Waals surface area contributed by atoms with Crippen LogP contribution in [0.4, 0.5) is 5.82 Å². The van der Waals surface area contributed by atoms with Gasteiger partial charge in [0.15, 0.2) is 5.65 Å². The van der Waals surface area contributed by atoms with Gasteiger partial charge in [-0.2, -0.15) is 0 Å². The zero-order valence-corrected chi connectivity index (χ0v) is 12.5. The maximum atomic E-state index is 9.50. The van der Waals surface area contributed by atoms with Crippen molar-refractivity contribution in [2.75, 3.05) is 11.9 Å². The smallest absolute Gasteiger partial charge is 0.165 e. The molecule has 0 aliphatic heterocycles. The molecule has 2 heterocycles. The maximum absolute atomic E-state index is 9.50. The number of pyridine rings is 1. The van der Waals surface area contributed by atoms with Crippen molar-refractivity contribution in [3.63, 3.8) is 0 Å². The van der Waals surface area contributed by atoms with E-state index in [4.69, 9.17) is 0 Å². The minimum atomic E-state index is -0.00574. The highest BCUT2D eigenvalue weighted by Crippen LogP contribution is 2.23. The van der Waals surface area contributed by atoms with Crippen LogP contribution in [0.5, 0.6) is 0 Å². The molecule has 0 saturated carbocycles. The minimum Gasteiger partial charge on any atom is -0.394 e. The van der Waals surface area contributed by atoms with Gasteiger partial charge in [0.1, 0.15) is 12.1 Å². The molecule has 2 aromatic heterocycles. The van der Waals surface area contributed by atoms with Crippen LogP contribution in [-0.2, 0) is 0 Å². The van der Waals surface area contributed by atoms with Gasteiger partial charge in [0.25, 0.3) is 0 Å². The number of nitrogens with zero attached hydrogens (tertiary/aromatic N) is 3. The Hall–Kier alpha value is -1.75. The summed E-state index contributed by atoms with van der Waals surface area (Å²) in [4.78, 5) is 13.0. The van der Waals surface area contributed by atoms with Crippen LogP contribution in [-0.4, -0.2) is 32.7 Å². The summed E-state index contributed by atoms with van der Waals surface area (Å²) in [5, 5.41) is 13.8. The molecule has 0 saturated heterocycles. The summed E-state index contributed by atoms with van der Waals surface area (Å²) in [7, 11) is 0. The first-order valence-corrected chi connectivity index (χ1v) is 6.97. The van der Waals surface area contributed by atoms with Crippen LogP contribution in [0.1, 0.15) is 31.5 Å². The second-order valence-electron chi connectivity index (χ2n) is 5.65. The Morgan fingerprint density at radius 2 is 2.00 bits per heavy atom. The van der Waals surface area contributed by atoms with Crippen LogP contribution in [0.15, 0.2) is 12.4 Å². The average Bonchev–Trinajstić information content (AvgIpc) is 2.36. The fourth-order valence-corrected chi connectivity index (χ4v) is 2.46. The topological polar surface area (TPSA) is 70.9 Å². The molecule has 20 heavy (non-hydrogen) atoms. The number of hydrogen-bond donors (Lipinski definition) is 2.